The largest absolute Gasteiger partial charge is 0.453 e. The first-order chi connectivity index (χ1) is 13.3. The number of rotatable bonds is 6. The third-order valence-electron chi connectivity index (χ3n) is 3.82. The molecule has 2 N–H and O–H groups in total. The molecule has 0 atom stereocenters. The molecule has 0 aromatic carbocycles. The number of nitrogen functional groups attached to an aromatic ring is 1. The van der Waals surface area contributed by atoms with Crippen LogP contribution in [0.2, 0.25) is 0 Å². The zero-order valence-corrected chi connectivity index (χ0v) is 17.8. The molecule has 0 spiro atoms. The van der Waals surface area contributed by atoms with Gasteiger partial charge in [-0.2, -0.15) is 31.0 Å². The summed E-state index contributed by atoms with van der Waals surface area (Å²) in [5.74, 6) is 1.24. The SMILES string of the molecule is CN(C)c1nc(N)nc(COC(=O)c2sccc2S(=O)(=O)N2CCSCC2)n1. The molecule has 2 aromatic rings. The maximum absolute atomic E-state index is 12.9. The van der Waals surface area contributed by atoms with Crippen molar-refractivity contribution >= 4 is 51.0 Å². The molecule has 3 rings (SSSR count). The molecule has 1 aliphatic rings. The normalized spacial score (nSPS) is 15.4. The average molecular weight is 445 g/mol. The summed E-state index contributed by atoms with van der Waals surface area (Å²) in [6.45, 7) is 0.605. The maximum Gasteiger partial charge on any atom is 0.350 e. The lowest BCUT2D eigenvalue weighted by Crippen LogP contribution is -2.38. The minimum Gasteiger partial charge on any atom is -0.453 e. The number of carbonyl (C=O) groups is 1. The highest BCUT2D eigenvalue weighted by atomic mass is 32.2. The van der Waals surface area contributed by atoms with Crippen LogP contribution in [0.1, 0.15) is 15.5 Å². The molecule has 0 saturated carbocycles. The smallest absolute Gasteiger partial charge is 0.350 e. The molecule has 1 fully saturated rings. The molecule has 0 unspecified atom stereocenters. The number of sulfonamides is 1. The number of nitrogens with two attached hydrogens (primary N) is 1. The Hall–Kier alpha value is -1.96. The molecule has 0 radical (unpaired) electrons. The van der Waals surface area contributed by atoms with E-state index in [1.807, 2.05) is 0 Å². The second kappa shape index (κ2) is 8.59. The van der Waals surface area contributed by atoms with E-state index in [2.05, 4.69) is 15.0 Å². The van der Waals surface area contributed by atoms with Crippen molar-refractivity contribution in [2.75, 3.05) is 49.3 Å². The lowest BCUT2D eigenvalue weighted by Gasteiger charge is -2.25. The van der Waals surface area contributed by atoms with Crippen LogP contribution in [0.4, 0.5) is 11.9 Å². The second-order valence-corrected chi connectivity index (χ2v) is 10.1. The molecule has 152 valence electrons. The Morgan fingerprint density at radius 2 is 2.00 bits per heavy atom. The first-order valence-corrected chi connectivity index (χ1v) is 11.8. The van der Waals surface area contributed by atoms with Crippen molar-refractivity contribution in [1.29, 1.82) is 0 Å². The van der Waals surface area contributed by atoms with E-state index in [4.69, 9.17) is 10.5 Å². The highest BCUT2D eigenvalue weighted by Crippen LogP contribution is 2.28. The predicted molar refractivity (Wildman–Crippen MR) is 108 cm³/mol. The molecule has 13 heteroatoms. The topological polar surface area (TPSA) is 132 Å². The van der Waals surface area contributed by atoms with Crippen LogP contribution in [-0.4, -0.2) is 72.3 Å². The van der Waals surface area contributed by atoms with Gasteiger partial charge in [0.1, 0.15) is 9.77 Å². The van der Waals surface area contributed by atoms with E-state index in [9.17, 15) is 13.2 Å². The molecule has 1 aliphatic heterocycles. The van der Waals surface area contributed by atoms with Crippen molar-refractivity contribution in [1.82, 2.24) is 19.3 Å². The minimum atomic E-state index is -3.74. The number of nitrogens with zero attached hydrogens (tertiary/aromatic N) is 5. The Kier molecular flexibility index (Phi) is 6.37. The summed E-state index contributed by atoms with van der Waals surface area (Å²) in [5, 5.41) is 1.56. The number of aromatic nitrogens is 3. The number of ether oxygens (including phenoxy) is 1. The number of esters is 1. The first-order valence-electron chi connectivity index (χ1n) is 8.29. The molecule has 28 heavy (non-hydrogen) atoms. The molecule has 3 heterocycles. The van der Waals surface area contributed by atoms with E-state index in [-0.39, 0.29) is 28.2 Å². The van der Waals surface area contributed by atoms with E-state index in [1.165, 1.54) is 10.4 Å². The van der Waals surface area contributed by atoms with E-state index in [1.54, 1.807) is 36.1 Å². The molecule has 2 aromatic heterocycles. The summed E-state index contributed by atoms with van der Waals surface area (Å²) < 4.78 is 32.4. The molecule has 10 nitrogen and oxygen atoms in total. The van der Waals surface area contributed by atoms with Crippen LogP contribution >= 0.6 is 23.1 Å². The van der Waals surface area contributed by atoms with Gasteiger partial charge in [-0.25, -0.2) is 13.2 Å². The predicted octanol–water partition coefficient (Wildman–Crippen LogP) is 0.676. The van der Waals surface area contributed by atoms with Crippen molar-refractivity contribution in [2.45, 2.75) is 11.5 Å². The highest BCUT2D eigenvalue weighted by Gasteiger charge is 2.31. The Balaban J connectivity index is 1.75. The summed E-state index contributed by atoms with van der Waals surface area (Å²) in [6.07, 6.45) is 0. The van der Waals surface area contributed by atoms with Crippen molar-refractivity contribution in [3.8, 4) is 0 Å². The number of thioether (sulfide) groups is 1. The van der Waals surface area contributed by atoms with Crippen LogP contribution in [0.25, 0.3) is 0 Å². The van der Waals surface area contributed by atoms with Gasteiger partial charge in [0.05, 0.1) is 0 Å². The summed E-state index contributed by atoms with van der Waals surface area (Å²) >= 11 is 2.73. The summed E-state index contributed by atoms with van der Waals surface area (Å²) in [4.78, 5) is 26.2. The number of anilines is 2. The molecule has 0 bridgehead atoms. The number of hydrogen-bond donors (Lipinski definition) is 1. The first kappa shape index (κ1) is 20.8. The van der Waals surface area contributed by atoms with Crippen molar-refractivity contribution in [3.05, 3.63) is 22.1 Å². The monoisotopic (exact) mass is 444 g/mol. The van der Waals surface area contributed by atoms with Crippen LogP contribution in [-0.2, 0) is 21.4 Å². The third kappa shape index (κ3) is 4.54. The Bertz CT molecular complexity index is 956. The fraction of sp³-hybridized carbons (Fsp3) is 0.467. The van der Waals surface area contributed by atoms with Crippen LogP contribution < -0.4 is 10.6 Å². The van der Waals surface area contributed by atoms with Gasteiger partial charge in [-0.15, -0.1) is 11.3 Å². The fourth-order valence-corrected chi connectivity index (χ4v) is 6.32. The van der Waals surface area contributed by atoms with Gasteiger partial charge in [0, 0.05) is 38.7 Å². The van der Waals surface area contributed by atoms with Crippen LogP contribution in [0, 0.1) is 0 Å². The van der Waals surface area contributed by atoms with Crippen molar-refractivity contribution in [2.24, 2.45) is 0 Å². The van der Waals surface area contributed by atoms with Gasteiger partial charge in [0.15, 0.2) is 12.4 Å². The standard InChI is InChI=1S/C15H20N6O4S3/c1-20(2)15-18-11(17-14(16)19-15)9-25-13(22)12-10(3-6-27-12)28(23,24)21-4-7-26-8-5-21/h3,6H,4-5,7-9H2,1-2H3,(H2,16,17,18,19). The summed E-state index contributed by atoms with van der Waals surface area (Å²) in [7, 11) is -0.255. The van der Waals surface area contributed by atoms with Crippen molar-refractivity contribution < 1.29 is 17.9 Å². The van der Waals surface area contributed by atoms with Gasteiger partial charge in [-0.05, 0) is 11.4 Å². The van der Waals surface area contributed by atoms with Gasteiger partial charge in [0.2, 0.25) is 21.9 Å². The van der Waals surface area contributed by atoms with Gasteiger partial charge < -0.3 is 15.4 Å². The lowest BCUT2D eigenvalue weighted by atomic mass is 10.5. The molecule has 1 saturated heterocycles. The minimum absolute atomic E-state index is 0.00658. The van der Waals surface area contributed by atoms with Gasteiger partial charge in [-0.1, -0.05) is 0 Å². The van der Waals surface area contributed by atoms with E-state index in [0.29, 0.717) is 19.0 Å². The highest BCUT2D eigenvalue weighted by molar-refractivity contribution is 7.99. The van der Waals surface area contributed by atoms with Crippen molar-refractivity contribution in [3.63, 3.8) is 0 Å². The van der Waals surface area contributed by atoms with Crippen LogP contribution in [0.5, 0.6) is 0 Å². The third-order valence-corrected chi connectivity index (χ3v) is 7.73. The fourth-order valence-electron chi connectivity index (χ4n) is 2.46. The van der Waals surface area contributed by atoms with E-state index >= 15 is 0 Å². The molecule has 0 aliphatic carbocycles. The summed E-state index contributed by atoms with van der Waals surface area (Å²) in [6, 6.07) is 1.43. The molecular formula is C15H20N6O4S3. The molecule has 0 amide bonds. The molecular weight excluding hydrogens is 424 g/mol. The van der Waals surface area contributed by atoms with Crippen LogP contribution in [0.3, 0.4) is 0 Å². The average Bonchev–Trinajstić information content (AvgIpc) is 3.17. The zero-order chi connectivity index (χ0) is 20.3. The number of carbonyl (C=O) groups excluding carboxylic acids is 1. The van der Waals surface area contributed by atoms with E-state index < -0.39 is 16.0 Å². The second-order valence-electron chi connectivity index (χ2n) is 6.01. The Morgan fingerprint density at radius 3 is 2.68 bits per heavy atom. The zero-order valence-electron chi connectivity index (χ0n) is 15.4. The van der Waals surface area contributed by atoms with Gasteiger partial charge in [-0.3, -0.25) is 0 Å². The number of hydrogen-bond acceptors (Lipinski definition) is 11. The maximum atomic E-state index is 12.9. The number of thiophene rings is 1. The summed E-state index contributed by atoms with van der Waals surface area (Å²) in [5.41, 5.74) is 5.65. The Morgan fingerprint density at radius 1 is 1.29 bits per heavy atom. The lowest BCUT2D eigenvalue weighted by molar-refractivity contribution is 0.0463. The van der Waals surface area contributed by atoms with Gasteiger partial charge >= 0.3 is 5.97 Å². The quantitative estimate of drug-likeness (QED) is 0.634. The van der Waals surface area contributed by atoms with Crippen LogP contribution in [0.15, 0.2) is 16.3 Å². The Labute approximate surface area is 171 Å². The van der Waals surface area contributed by atoms with Gasteiger partial charge in [0.25, 0.3) is 0 Å². The van der Waals surface area contributed by atoms with E-state index in [0.717, 1.165) is 22.8 Å².